The van der Waals surface area contributed by atoms with Gasteiger partial charge in [-0.3, -0.25) is 4.90 Å². The summed E-state index contributed by atoms with van der Waals surface area (Å²) in [6.07, 6.45) is 4.35. The fourth-order valence-electron chi connectivity index (χ4n) is 2.18. The number of nitrogens with zero attached hydrogens (tertiary/aromatic N) is 1. The summed E-state index contributed by atoms with van der Waals surface area (Å²) in [5.41, 5.74) is 0. The average molecular weight is 171 g/mol. The van der Waals surface area contributed by atoms with Gasteiger partial charge in [0.2, 0.25) is 0 Å². The number of aliphatic hydroxyl groups excluding tert-OH is 1. The number of likely N-dealkylation sites (tertiary alicyclic amines) is 1. The molecule has 3 heteroatoms. The standard InChI is InChI=1S/C9H17NO2/c11-5-1-4-10-6-8-2-3-9(7-10)12-8/h8-9,11H,1-7H2. The highest BCUT2D eigenvalue weighted by Crippen LogP contribution is 2.25. The third-order valence-electron chi connectivity index (χ3n) is 2.75. The minimum atomic E-state index is 0.312. The van der Waals surface area contributed by atoms with E-state index in [1.165, 1.54) is 12.8 Å². The number of rotatable bonds is 3. The Morgan fingerprint density at radius 2 is 1.92 bits per heavy atom. The average Bonchev–Trinajstić information content (AvgIpc) is 2.42. The van der Waals surface area contributed by atoms with Gasteiger partial charge in [-0.25, -0.2) is 0 Å². The molecule has 2 heterocycles. The van der Waals surface area contributed by atoms with E-state index in [1.807, 2.05) is 0 Å². The summed E-state index contributed by atoms with van der Waals surface area (Å²) in [6.45, 7) is 3.51. The summed E-state index contributed by atoms with van der Waals surface area (Å²) in [4.78, 5) is 2.42. The van der Waals surface area contributed by atoms with Crippen molar-refractivity contribution in [1.29, 1.82) is 0 Å². The fourth-order valence-corrected chi connectivity index (χ4v) is 2.18. The van der Waals surface area contributed by atoms with E-state index in [1.54, 1.807) is 0 Å². The lowest BCUT2D eigenvalue weighted by molar-refractivity contribution is -0.0393. The molecular formula is C9H17NO2. The Hall–Kier alpha value is -0.120. The maximum absolute atomic E-state index is 8.69. The second-order valence-corrected chi connectivity index (χ2v) is 3.79. The number of hydrogen-bond acceptors (Lipinski definition) is 3. The molecule has 3 nitrogen and oxygen atoms in total. The van der Waals surface area contributed by atoms with Crippen molar-refractivity contribution in [2.24, 2.45) is 0 Å². The zero-order valence-corrected chi connectivity index (χ0v) is 7.41. The van der Waals surface area contributed by atoms with Crippen LogP contribution in [0.25, 0.3) is 0 Å². The molecule has 2 saturated heterocycles. The molecule has 0 amide bonds. The maximum atomic E-state index is 8.69. The first-order chi connectivity index (χ1) is 5.88. The highest BCUT2D eigenvalue weighted by molar-refractivity contribution is 4.84. The Morgan fingerprint density at radius 3 is 2.50 bits per heavy atom. The van der Waals surface area contributed by atoms with Gasteiger partial charge in [0.05, 0.1) is 12.2 Å². The molecule has 12 heavy (non-hydrogen) atoms. The van der Waals surface area contributed by atoms with E-state index < -0.39 is 0 Å². The number of aliphatic hydroxyl groups is 1. The molecule has 1 N–H and O–H groups in total. The molecule has 0 radical (unpaired) electrons. The van der Waals surface area contributed by atoms with Gasteiger partial charge in [-0.2, -0.15) is 0 Å². The lowest BCUT2D eigenvalue weighted by atomic mass is 10.2. The summed E-state index contributed by atoms with van der Waals surface area (Å²) < 4.78 is 5.70. The predicted molar refractivity (Wildman–Crippen MR) is 46.0 cm³/mol. The van der Waals surface area contributed by atoms with E-state index in [0.29, 0.717) is 18.8 Å². The first-order valence-corrected chi connectivity index (χ1v) is 4.87. The molecule has 0 aromatic carbocycles. The van der Waals surface area contributed by atoms with Crippen molar-refractivity contribution in [2.45, 2.75) is 31.5 Å². The lowest BCUT2D eigenvalue weighted by Gasteiger charge is -2.31. The van der Waals surface area contributed by atoms with Crippen molar-refractivity contribution in [1.82, 2.24) is 4.90 Å². The van der Waals surface area contributed by atoms with Crippen LogP contribution < -0.4 is 0 Å². The van der Waals surface area contributed by atoms with Gasteiger partial charge in [0.15, 0.2) is 0 Å². The summed E-state index contributed by atoms with van der Waals surface area (Å²) in [5, 5.41) is 8.69. The van der Waals surface area contributed by atoms with Crippen LogP contribution in [0.5, 0.6) is 0 Å². The first kappa shape index (κ1) is 8.48. The van der Waals surface area contributed by atoms with Crippen molar-refractivity contribution in [3.63, 3.8) is 0 Å². The summed E-state index contributed by atoms with van der Waals surface area (Å²) in [5.74, 6) is 0. The monoisotopic (exact) mass is 171 g/mol. The SMILES string of the molecule is OCCCN1CC2CCC(C1)O2. The van der Waals surface area contributed by atoms with E-state index in [9.17, 15) is 0 Å². The molecule has 0 spiro atoms. The van der Waals surface area contributed by atoms with Gasteiger partial charge in [-0.05, 0) is 19.3 Å². The van der Waals surface area contributed by atoms with Crippen molar-refractivity contribution < 1.29 is 9.84 Å². The zero-order chi connectivity index (χ0) is 8.39. The molecule has 2 atom stereocenters. The summed E-state index contributed by atoms with van der Waals surface area (Å²) in [6, 6.07) is 0. The second kappa shape index (κ2) is 3.73. The van der Waals surface area contributed by atoms with Crippen molar-refractivity contribution >= 4 is 0 Å². The third-order valence-corrected chi connectivity index (χ3v) is 2.75. The minimum absolute atomic E-state index is 0.312. The number of ether oxygens (including phenoxy) is 1. The van der Waals surface area contributed by atoms with Gasteiger partial charge in [0.1, 0.15) is 0 Å². The van der Waals surface area contributed by atoms with Gasteiger partial charge in [0.25, 0.3) is 0 Å². The molecule has 70 valence electrons. The molecule has 2 aliphatic heterocycles. The van der Waals surface area contributed by atoms with E-state index in [-0.39, 0.29) is 0 Å². The van der Waals surface area contributed by atoms with Crippen LogP contribution in [0.1, 0.15) is 19.3 Å². The molecule has 0 aliphatic carbocycles. The number of hydrogen-bond donors (Lipinski definition) is 1. The van der Waals surface area contributed by atoms with Crippen LogP contribution in [-0.2, 0) is 4.74 Å². The molecule has 2 fully saturated rings. The molecule has 0 saturated carbocycles. The molecular weight excluding hydrogens is 154 g/mol. The van der Waals surface area contributed by atoms with Crippen molar-refractivity contribution in [2.75, 3.05) is 26.2 Å². The molecule has 0 aromatic heterocycles. The van der Waals surface area contributed by atoms with Gasteiger partial charge in [-0.15, -0.1) is 0 Å². The van der Waals surface area contributed by atoms with Crippen LogP contribution in [0.15, 0.2) is 0 Å². The Bertz CT molecular complexity index is 139. The molecule has 2 aliphatic rings. The predicted octanol–water partition coefficient (Wildman–Crippen LogP) is 0.232. The number of morpholine rings is 1. The second-order valence-electron chi connectivity index (χ2n) is 3.79. The van der Waals surface area contributed by atoms with E-state index in [0.717, 1.165) is 26.1 Å². The smallest absolute Gasteiger partial charge is 0.0707 e. The van der Waals surface area contributed by atoms with E-state index in [2.05, 4.69) is 4.90 Å². The van der Waals surface area contributed by atoms with Crippen LogP contribution in [0, 0.1) is 0 Å². The normalized spacial score (nSPS) is 35.8. The Kier molecular flexibility index (Phi) is 2.63. The van der Waals surface area contributed by atoms with Crippen LogP contribution in [-0.4, -0.2) is 48.5 Å². The van der Waals surface area contributed by atoms with Crippen LogP contribution in [0.2, 0.25) is 0 Å². The largest absolute Gasteiger partial charge is 0.396 e. The summed E-state index contributed by atoms with van der Waals surface area (Å²) in [7, 11) is 0. The minimum Gasteiger partial charge on any atom is -0.396 e. The van der Waals surface area contributed by atoms with Gasteiger partial charge >= 0.3 is 0 Å². The third kappa shape index (κ3) is 1.79. The number of fused-ring (bicyclic) bond motifs is 2. The lowest BCUT2D eigenvalue weighted by Crippen LogP contribution is -2.43. The van der Waals surface area contributed by atoms with Gasteiger partial charge in [0, 0.05) is 26.2 Å². The zero-order valence-electron chi connectivity index (χ0n) is 7.41. The van der Waals surface area contributed by atoms with Crippen LogP contribution in [0.4, 0.5) is 0 Å². The fraction of sp³-hybridized carbons (Fsp3) is 1.00. The topological polar surface area (TPSA) is 32.7 Å². The highest BCUT2D eigenvalue weighted by atomic mass is 16.5. The molecule has 0 aromatic rings. The van der Waals surface area contributed by atoms with Crippen LogP contribution in [0.3, 0.4) is 0 Å². The Labute approximate surface area is 73.3 Å². The van der Waals surface area contributed by atoms with Crippen molar-refractivity contribution in [3.8, 4) is 0 Å². The molecule has 2 unspecified atom stereocenters. The van der Waals surface area contributed by atoms with Crippen molar-refractivity contribution in [3.05, 3.63) is 0 Å². The molecule has 2 rings (SSSR count). The summed E-state index contributed by atoms with van der Waals surface area (Å²) >= 11 is 0. The van der Waals surface area contributed by atoms with E-state index >= 15 is 0 Å². The Morgan fingerprint density at radius 1 is 1.25 bits per heavy atom. The van der Waals surface area contributed by atoms with Crippen LogP contribution >= 0.6 is 0 Å². The van der Waals surface area contributed by atoms with Gasteiger partial charge in [-0.1, -0.05) is 0 Å². The highest BCUT2D eigenvalue weighted by Gasteiger charge is 2.32. The quantitative estimate of drug-likeness (QED) is 0.660. The van der Waals surface area contributed by atoms with E-state index in [4.69, 9.17) is 9.84 Å². The maximum Gasteiger partial charge on any atom is 0.0707 e. The first-order valence-electron chi connectivity index (χ1n) is 4.87. The molecule has 2 bridgehead atoms. The Balaban J connectivity index is 1.78. The van der Waals surface area contributed by atoms with Gasteiger partial charge < -0.3 is 9.84 Å².